The van der Waals surface area contributed by atoms with Crippen molar-refractivity contribution in [2.24, 2.45) is 0 Å². The summed E-state index contributed by atoms with van der Waals surface area (Å²) in [6, 6.07) is 9.20. The molecule has 0 unspecified atom stereocenters. The van der Waals surface area contributed by atoms with Crippen LogP contribution in [0.4, 0.5) is 10.1 Å². The van der Waals surface area contributed by atoms with E-state index in [4.69, 9.17) is 4.74 Å². The Hall–Kier alpha value is -2.96. The summed E-state index contributed by atoms with van der Waals surface area (Å²) in [7, 11) is 1.20. The van der Waals surface area contributed by atoms with Gasteiger partial charge < -0.3 is 9.47 Å². The molecule has 0 heterocycles. The van der Waals surface area contributed by atoms with Gasteiger partial charge in [-0.15, -0.1) is 0 Å². The van der Waals surface area contributed by atoms with Crippen LogP contribution in [0, 0.1) is 15.9 Å². The number of esters is 1. The lowest BCUT2D eigenvalue weighted by Gasteiger charge is -2.10. The van der Waals surface area contributed by atoms with Crippen LogP contribution in [0.15, 0.2) is 42.5 Å². The van der Waals surface area contributed by atoms with Crippen molar-refractivity contribution in [1.82, 2.24) is 0 Å². The second-order valence-electron chi connectivity index (χ2n) is 4.33. The molecule has 7 heteroatoms. The van der Waals surface area contributed by atoms with Gasteiger partial charge in [0.15, 0.2) is 0 Å². The minimum Gasteiger partial charge on any atom is -0.489 e. The normalized spacial score (nSPS) is 10.1. The molecular formula is C15H12FNO5. The number of hydrogen-bond donors (Lipinski definition) is 0. The maximum atomic E-state index is 13.2. The zero-order valence-corrected chi connectivity index (χ0v) is 11.6. The fourth-order valence-electron chi connectivity index (χ4n) is 1.80. The van der Waals surface area contributed by atoms with Crippen molar-refractivity contribution in [3.63, 3.8) is 0 Å². The molecule has 2 aromatic rings. The monoisotopic (exact) mass is 305 g/mol. The summed E-state index contributed by atoms with van der Waals surface area (Å²) in [5, 5.41) is 10.6. The van der Waals surface area contributed by atoms with E-state index in [1.54, 1.807) is 0 Å². The van der Waals surface area contributed by atoms with Crippen molar-refractivity contribution < 1.29 is 23.6 Å². The van der Waals surface area contributed by atoms with Gasteiger partial charge >= 0.3 is 5.97 Å². The van der Waals surface area contributed by atoms with Crippen LogP contribution in [0.25, 0.3) is 0 Å². The zero-order chi connectivity index (χ0) is 16.1. The Morgan fingerprint density at radius 2 is 1.91 bits per heavy atom. The predicted molar refractivity (Wildman–Crippen MR) is 75.2 cm³/mol. The molecule has 0 aliphatic heterocycles. The molecule has 0 aliphatic carbocycles. The van der Waals surface area contributed by atoms with Crippen molar-refractivity contribution >= 4 is 11.7 Å². The van der Waals surface area contributed by atoms with Crippen LogP contribution in [0.2, 0.25) is 0 Å². The predicted octanol–water partition coefficient (Wildman–Crippen LogP) is 3.10. The Kier molecular flexibility index (Phi) is 4.67. The number of rotatable bonds is 5. The number of ether oxygens (including phenoxy) is 2. The van der Waals surface area contributed by atoms with Crippen LogP contribution in [0.1, 0.15) is 15.9 Å². The maximum absolute atomic E-state index is 13.2. The number of carbonyl (C=O) groups is 1. The van der Waals surface area contributed by atoms with E-state index in [1.165, 1.54) is 43.5 Å². The van der Waals surface area contributed by atoms with Gasteiger partial charge in [0.2, 0.25) is 0 Å². The van der Waals surface area contributed by atoms with E-state index in [0.717, 1.165) is 6.07 Å². The molecule has 0 spiro atoms. The van der Waals surface area contributed by atoms with E-state index in [1.807, 2.05) is 0 Å². The van der Waals surface area contributed by atoms with Gasteiger partial charge in [-0.3, -0.25) is 10.1 Å². The second kappa shape index (κ2) is 6.66. The lowest BCUT2D eigenvalue weighted by atomic mass is 10.1. The van der Waals surface area contributed by atoms with Crippen LogP contribution in [-0.4, -0.2) is 18.0 Å². The van der Waals surface area contributed by atoms with Crippen LogP contribution < -0.4 is 4.74 Å². The van der Waals surface area contributed by atoms with Crippen molar-refractivity contribution in [2.45, 2.75) is 6.61 Å². The first-order chi connectivity index (χ1) is 10.5. The lowest BCUT2D eigenvalue weighted by molar-refractivity contribution is -0.384. The van der Waals surface area contributed by atoms with Crippen LogP contribution in [-0.2, 0) is 11.3 Å². The number of halogens is 1. The summed E-state index contributed by atoms with van der Waals surface area (Å²) in [6.07, 6.45) is 0. The van der Waals surface area contributed by atoms with E-state index in [0.29, 0.717) is 11.3 Å². The number of benzene rings is 2. The SMILES string of the molecule is COC(=O)c1cc(F)ccc1COc1ccc([N+](=O)[O-])cc1. The third kappa shape index (κ3) is 3.57. The standard InChI is InChI=1S/C15H12FNO5/c1-21-15(18)14-8-11(16)3-2-10(14)9-22-13-6-4-12(5-7-13)17(19)20/h2-8H,9H2,1H3. The van der Waals surface area contributed by atoms with Crippen molar-refractivity contribution in [3.8, 4) is 5.75 Å². The minimum absolute atomic E-state index is 0.00250. The summed E-state index contributed by atoms with van der Waals surface area (Å²) in [4.78, 5) is 21.6. The van der Waals surface area contributed by atoms with Gasteiger partial charge in [0.1, 0.15) is 18.2 Å². The van der Waals surface area contributed by atoms with E-state index in [2.05, 4.69) is 4.74 Å². The average molecular weight is 305 g/mol. The molecule has 0 saturated carbocycles. The summed E-state index contributed by atoms with van der Waals surface area (Å²) in [5.74, 6) is -0.827. The fraction of sp³-hybridized carbons (Fsp3) is 0.133. The highest BCUT2D eigenvalue weighted by molar-refractivity contribution is 5.91. The molecule has 6 nitrogen and oxygen atoms in total. The van der Waals surface area contributed by atoms with Crippen LogP contribution in [0.3, 0.4) is 0 Å². The van der Waals surface area contributed by atoms with Gasteiger partial charge in [-0.25, -0.2) is 9.18 Å². The average Bonchev–Trinajstić information content (AvgIpc) is 2.53. The summed E-state index contributed by atoms with van der Waals surface area (Å²) >= 11 is 0. The number of nitrogens with zero attached hydrogens (tertiary/aromatic N) is 1. The topological polar surface area (TPSA) is 78.7 Å². The van der Waals surface area contributed by atoms with Gasteiger partial charge in [-0.2, -0.15) is 0 Å². The highest BCUT2D eigenvalue weighted by Crippen LogP contribution is 2.20. The molecule has 0 aromatic heterocycles. The number of nitro groups is 1. The Balaban J connectivity index is 2.14. The van der Waals surface area contributed by atoms with E-state index < -0.39 is 16.7 Å². The van der Waals surface area contributed by atoms with Crippen LogP contribution >= 0.6 is 0 Å². The summed E-state index contributed by atoms with van der Waals surface area (Å²) < 4.78 is 23.3. The van der Waals surface area contributed by atoms with Crippen LogP contribution in [0.5, 0.6) is 5.75 Å². The molecule has 2 aromatic carbocycles. The molecule has 0 N–H and O–H groups in total. The first-order valence-corrected chi connectivity index (χ1v) is 6.25. The highest BCUT2D eigenvalue weighted by Gasteiger charge is 2.14. The lowest BCUT2D eigenvalue weighted by Crippen LogP contribution is -2.08. The van der Waals surface area contributed by atoms with Gasteiger partial charge in [-0.1, -0.05) is 6.07 Å². The fourth-order valence-corrected chi connectivity index (χ4v) is 1.80. The van der Waals surface area contributed by atoms with Gasteiger partial charge in [0.25, 0.3) is 5.69 Å². The van der Waals surface area contributed by atoms with Gasteiger partial charge in [0.05, 0.1) is 17.6 Å². The first kappa shape index (κ1) is 15.4. The molecule has 114 valence electrons. The van der Waals surface area contributed by atoms with E-state index in [-0.39, 0.29) is 17.9 Å². The summed E-state index contributed by atoms with van der Waals surface area (Å²) in [5.41, 5.74) is 0.473. The largest absolute Gasteiger partial charge is 0.489 e. The Morgan fingerprint density at radius 1 is 1.23 bits per heavy atom. The van der Waals surface area contributed by atoms with Crippen molar-refractivity contribution in [3.05, 3.63) is 69.5 Å². The molecule has 0 saturated heterocycles. The molecule has 0 atom stereocenters. The minimum atomic E-state index is -0.665. The number of methoxy groups -OCH3 is 1. The molecule has 22 heavy (non-hydrogen) atoms. The van der Waals surface area contributed by atoms with E-state index >= 15 is 0 Å². The third-order valence-electron chi connectivity index (χ3n) is 2.92. The Bertz CT molecular complexity index is 700. The molecule has 0 radical (unpaired) electrons. The second-order valence-corrected chi connectivity index (χ2v) is 4.33. The molecule has 2 rings (SSSR count). The quantitative estimate of drug-likeness (QED) is 0.482. The van der Waals surface area contributed by atoms with Crippen molar-refractivity contribution in [2.75, 3.05) is 7.11 Å². The zero-order valence-electron chi connectivity index (χ0n) is 11.6. The Labute approximate surface area is 125 Å². The first-order valence-electron chi connectivity index (χ1n) is 6.25. The number of carbonyl (C=O) groups excluding carboxylic acids is 1. The summed E-state index contributed by atoms with van der Waals surface area (Å²) in [6.45, 7) is 0.00250. The molecular weight excluding hydrogens is 293 g/mol. The van der Waals surface area contributed by atoms with Gasteiger partial charge in [-0.05, 0) is 24.3 Å². The smallest absolute Gasteiger partial charge is 0.338 e. The maximum Gasteiger partial charge on any atom is 0.338 e. The third-order valence-corrected chi connectivity index (χ3v) is 2.92. The molecule has 0 aliphatic rings. The van der Waals surface area contributed by atoms with Gasteiger partial charge in [0, 0.05) is 17.7 Å². The highest BCUT2D eigenvalue weighted by atomic mass is 19.1. The number of non-ortho nitro benzene ring substituents is 1. The molecule has 0 bridgehead atoms. The van der Waals surface area contributed by atoms with Crippen molar-refractivity contribution in [1.29, 1.82) is 0 Å². The number of hydrogen-bond acceptors (Lipinski definition) is 5. The van der Waals surface area contributed by atoms with E-state index in [9.17, 15) is 19.3 Å². The molecule has 0 fully saturated rings. The Morgan fingerprint density at radius 3 is 2.50 bits per heavy atom. The molecule has 0 amide bonds. The number of nitro benzene ring substituents is 1.